The normalized spacial score (nSPS) is 13.3. The summed E-state index contributed by atoms with van der Waals surface area (Å²) in [5, 5.41) is 22.8. The minimum absolute atomic E-state index is 0.0614. The molecule has 0 saturated heterocycles. The van der Waals surface area contributed by atoms with Gasteiger partial charge in [-0.25, -0.2) is 9.97 Å². The van der Waals surface area contributed by atoms with Crippen LogP contribution >= 0.6 is 0 Å². The molecule has 0 bridgehead atoms. The third kappa shape index (κ3) is 5.50. The topological polar surface area (TPSA) is 113 Å². The second-order valence-electron chi connectivity index (χ2n) is 7.87. The van der Waals surface area contributed by atoms with Gasteiger partial charge in [0.15, 0.2) is 5.82 Å². The van der Waals surface area contributed by atoms with Crippen LogP contribution in [0.2, 0.25) is 0 Å². The number of aliphatic hydroxyl groups excluding tert-OH is 2. The van der Waals surface area contributed by atoms with Gasteiger partial charge in [-0.15, -0.1) is 0 Å². The van der Waals surface area contributed by atoms with E-state index >= 15 is 0 Å². The van der Waals surface area contributed by atoms with E-state index in [-0.39, 0.29) is 13.2 Å². The van der Waals surface area contributed by atoms with Crippen molar-refractivity contribution < 1.29 is 19.7 Å². The quantitative estimate of drug-likeness (QED) is 0.400. The molecule has 0 saturated carbocycles. The van der Waals surface area contributed by atoms with Crippen molar-refractivity contribution in [3.8, 4) is 23.0 Å². The average Bonchev–Trinajstić information content (AvgIpc) is 3.31. The minimum Gasteiger partial charge on any atom is -0.497 e. The number of anilines is 2. The Hall–Kier alpha value is -3.43. The van der Waals surface area contributed by atoms with E-state index < -0.39 is 6.23 Å². The van der Waals surface area contributed by atoms with Crippen molar-refractivity contribution in [2.75, 3.05) is 44.1 Å². The van der Waals surface area contributed by atoms with E-state index in [1.54, 1.807) is 25.4 Å². The number of benzene rings is 1. The van der Waals surface area contributed by atoms with Gasteiger partial charge in [-0.3, -0.25) is 4.98 Å². The number of ether oxygens (including phenoxy) is 2. The maximum atomic E-state index is 10.7. The number of pyridine rings is 1. The lowest BCUT2D eigenvalue weighted by Crippen LogP contribution is -2.35. The van der Waals surface area contributed by atoms with E-state index in [2.05, 4.69) is 10.3 Å². The molecule has 9 nitrogen and oxygen atoms in total. The number of nitrogens with zero attached hydrogens (tertiary/aromatic N) is 4. The first-order valence-electron chi connectivity index (χ1n) is 11.0. The highest BCUT2D eigenvalue weighted by molar-refractivity contribution is 5.60. The number of likely N-dealkylation sites (N-methyl/N-ethyl adjacent to an activating group) is 1. The van der Waals surface area contributed by atoms with Gasteiger partial charge in [0.05, 0.1) is 20.3 Å². The molecular weight excluding hydrogens is 422 g/mol. The van der Waals surface area contributed by atoms with Crippen molar-refractivity contribution in [2.45, 2.75) is 25.5 Å². The fraction of sp³-hybridized carbons (Fsp3) is 0.375. The molecule has 4 rings (SSSR count). The summed E-state index contributed by atoms with van der Waals surface area (Å²) in [7, 11) is 3.52. The van der Waals surface area contributed by atoms with Crippen LogP contribution in [-0.4, -0.2) is 65.3 Å². The van der Waals surface area contributed by atoms with Gasteiger partial charge in [0.25, 0.3) is 0 Å². The second kappa shape index (κ2) is 10.5. The summed E-state index contributed by atoms with van der Waals surface area (Å²) in [6.45, 7) is 0.474. The molecule has 1 aliphatic carbocycles. The van der Waals surface area contributed by atoms with Gasteiger partial charge in [0, 0.05) is 42.3 Å². The Labute approximate surface area is 193 Å². The first-order valence-corrected chi connectivity index (χ1v) is 11.0. The van der Waals surface area contributed by atoms with Crippen molar-refractivity contribution in [1.29, 1.82) is 0 Å². The minimum atomic E-state index is -0.814. The summed E-state index contributed by atoms with van der Waals surface area (Å²) in [6, 6.07) is 10.9. The lowest BCUT2D eigenvalue weighted by atomic mass is 10.2. The highest BCUT2D eigenvalue weighted by atomic mass is 16.5. The molecule has 9 heteroatoms. The van der Waals surface area contributed by atoms with E-state index in [1.807, 2.05) is 36.2 Å². The van der Waals surface area contributed by atoms with Crippen molar-refractivity contribution in [3.63, 3.8) is 0 Å². The summed E-state index contributed by atoms with van der Waals surface area (Å²) in [4.78, 5) is 15.9. The molecule has 2 aromatic heterocycles. The van der Waals surface area contributed by atoms with Crippen LogP contribution in [0.1, 0.15) is 17.7 Å². The smallest absolute Gasteiger partial charge is 0.180 e. The predicted octanol–water partition coefficient (Wildman–Crippen LogP) is 2.27. The summed E-state index contributed by atoms with van der Waals surface area (Å²) < 4.78 is 10.8. The van der Waals surface area contributed by atoms with Crippen LogP contribution in [-0.2, 0) is 12.8 Å². The Morgan fingerprint density at radius 1 is 1.15 bits per heavy atom. The molecule has 0 spiro atoms. The largest absolute Gasteiger partial charge is 0.497 e. The van der Waals surface area contributed by atoms with Crippen LogP contribution in [0.4, 0.5) is 11.5 Å². The second-order valence-corrected chi connectivity index (χ2v) is 7.87. The van der Waals surface area contributed by atoms with E-state index in [1.165, 1.54) is 0 Å². The SMILES string of the molecule is COc1cccc(NC(O)CN(C)c2nc(-c3cc(OCCO)ccn3)nc3c2CCC3)c1. The van der Waals surface area contributed by atoms with E-state index in [4.69, 9.17) is 24.5 Å². The number of hydrogen-bond acceptors (Lipinski definition) is 9. The monoisotopic (exact) mass is 451 g/mol. The van der Waals surface area contributed by atoms with Crippen molar-refractivity contribution in [3.05, 3.63) is 53.9 Å². The fourth-order valence-electron chi connectivity index (χ4n) is 3.93. The molecule has 1 aliphatic rings. The number of methoxy groups -OCH3 is 1. The summed E-state index contributed by atoms with van der Waals surface area (Å²) in [6.07, 6.45) is 3.64. The van der Waals surface area contributed by atoms with Crippen LogP contribution < -0.4 is 19.7 Å². The van der Waals surface area contributed by atoms with Gasteiger partial charge < -0.3 is 29.9 Å². The van der Waals surface area contributed by atoms with Crippen LogP contribution in [0.5, 0.6) is 11.5 Å². The molecule has 33 heavy (non-hydrogen) atoms. The number of fused-ring (bicyclic) bond motifs is 1. The fourth-order valence-corrected chi connectivity index (χ4v) is 3.93. The zero-order valence-corrected chi connectivity index (χ0v) is 18.9. The first-order chi connectivity index (χ1) is 16.1. The van der Waals surface area contributed by atoms with Crippen molar-refractivity contribution in [2.24, 2.45) is 0 Å². The van der Waals surface area contributed by atoms with E-state index in [9.17, 15) is 5.11 Å². The Morgan fingerprint density at radius 2 is 2.03 bits per heavy atom. The standard InChI is InChI=1S/C24H29N5O4/c1-29(15-22(31)26-16-5-3-6-17(13-16)32-2)24-19-7-4-8-20(19)27-23(28-24)21-14-18(9-10-25-21)33-12-11-30/h3,5-6,9-10,13-14,22,26,30-31H,4,7-8,11-12,15H2,1-2H3. The van der Waals surface area contributed by atoms with Crippen LogP contribution in [0.25, 0.3) is 11.5 Å². The maximum absolute atomic E-state index is 10.7. The molecule has 2 heterocycles. The van der Waals surface area contributed by atoms with Gasteiger partial charge in [-0.05, 0) is 37.5 Å². The third-order valence-electron chi connectivity index (χ3n) is 5.44. The molecular formula is C24H29N5O4. The van der Waals surface area contributed by atoms with Gasteiger partial charge in [-0.1, -0.05) is 6.07 Å². The third-order valence-corrected chi connectivity index (χ3v) is 5.44. The average molecular weight is 452 g/mol. The maximum Gasteiger partial charge on any atom is 0.180 e. The Balaban J connectivity index is 1.55. The molecule has 0 radical (unpaired) electrons. The van der Waals surface area contributed by atoms with Gasteiger partial charge in [0.1, 0.15) is 35.8 Å². The van der Waals surface area contributed by atoms with E-state index in [0.717, 1.165) is 47.8 Å². The van der Waals surface area contributed by atoms with Crippen LogP contribution in [0.3, 0.4) is 0 Å². The zero-order chi connectivity index (χ0) is 23.2. The highest BCUT2D eigenvalue weighted by Gasteiger charge is 2.23. The zero-order valence-electron chi connectivity index (χ0n) is 18.9. The molecule has 3 N–H and O–H groups in total. The van der Waals surface area contributed by atoms with Gasteiger partial charge in [0.2, 0.25) is 0 Å². The number of rotatable bonds is 10. The number of aromatic nitrogens is 3. The predicted molar refractivity (Wildman–Crippen MR) is 126 cm³/mol. The number of aliphatic hydroxyl groups is 2. The highest BCUT2D eigenvalue weighted by Crippen LogP contribution is 2.31. The molecule has 1 atom stereocenters. The van der Waals surface area contributed by atoms with Crippen LogP contribution in [0, 0.1) is 0 Å². The molecule has 1 unspecified atom stereocenters. The van der Waals surface area contributed by atoms with Crippen LogP contribution in [0.15, 0.2) is 42.6 Å². The molecule has 0 aliphatic heterocycles. The molecule has 1 aromatic carbocycles. The number of hydrogen-bond donors (Lipinski definition) is 3. The Kier molecular flexibility index (Phi) is 7.21. The van der Waals surface area contributed by atoms with Crippen molar-refractivity contribution >= 4 is 11.5 Å². The summed E-state index contributed by atoms with van der Waals surface area (Å²) in [5.74, 6) is 2.63. The Bertz CT molecular complexity index is 1090. The summed E-state index contributed by atoms with van der Waals surface area (Å²) >= 11 is 0. The summed E-state index contributed by atoms with van der Waals surface area (Å²) in [5.41, 5.74) is 3.50. The van der Waals surface area contributed by atoms with Crippen molar-refractivity contribution in [1.82, 2.24) is 15.0 Å². The molecule has 0 fully saturated rings. The molecule has 174 valence electrons. The lowest BCUT2D eigenvalue weighted by molar-refractivity contribution is 0.201. The van der Waals surface area contributed by atoms with Gasteiger partial charge >= 0.3 is 0 Å². The Morgan fingerprint density at radius 3 is 2.85 bits per heavy atom. The van der Waals surface area contributed by atoms with E-state index in [0.29, 0.717) is 23.8 Å². The van der Waals surface area contributed by atoms with Gasteiger partial charge in [-0.2, -0.15) is 0 Å². The molecule has 3 aromatic rings. The number of aryl methyl sites for hydroxylation is 1. The molecule has 0 amide bonds. The number of nitrogens with one attached hydrogen (secondary N) is 1. The lowest BCUT2D eigenvalue weighted by Gasteiger charge is -2.25. The first kappa shape index (κ1) is 22.8.